The van der Waals surface area contributed by atoms with E-state index < -0.39 is 0 Å². The van der Waals surface area contributed by atoms with Crippen LogP contribution in [0.25, 0.3) is 0 Å². The summed E-state index contributed by atoms with van der Waals surface area (Å²) in [5.74, 6) is 0.581. The summed E-state index contributed by atoms with van der Waals surface area (Å²) in [6.45, 7) is 0. The molecule has 138 valence electrons. The molecule has 5 nitrogen and oxygen atoms in total. The van der Waals surface area contributed by atoms with Crippen LogP contribution in [0.4, 0.5) is 0 Å². The maximum Gasteiger partial charge on any atom is 0.337 e. The molecule has 1 aromatic carbocycles. The van der Waals surface area contributed by atoms with E-state index in [-0.39, 0.29) is 29.3 Å². The number of fused-ring (bicyclic) bond motifs is 1. The molecular formula is C19H22N2O3S2. The first kappa shape index (κ1) is 17.8. The van der Waals surface area contributed by atoms with E-state index in [0.717, 1.165) is 24.2 Å². The summed E-state index contributed by atoms with van der Waals surface area (Å²) >= 11 is 7.48. The van der Waals surface area contributed by atoms with E-state index in [9.17, 15) is 9.59 Å². The molecule has 1 aromatic rings. The van der Waals surface area contributed by atoms with Crippen molar-refractivity contribution in [3.05, 3.63) is 35.4 Å². The van der Waals surface area contributed by atoms with Crippen LogP contribution < -0.4 is 0 Å². The number of thioether (sulfide) groups is 1. The van der Waals surface area contributed by atoms with Gasteiger partial charge in [0.2, 0.25) is 0 Å². The molecule has 0 aromatic heterocycles. The molecule has 0 bridgehead atoms. The highest BCUT2D eigenvalue weighted by Gasteiger charge is 2.52. The van der Waals surface area contributed by atoms with Crippen LogP contribution in [0.2, 0.25) is 0 Å². The summed E-state index contributed by atoms with van der Waals surface area (Å²) in [6.07, 6.45) is 5.71. The van der Waals surface area contributed by atoms with Crippen molar-refractivity contribution < 1.29 is 14.3 Å². The second-order valence-corrected chi connectivity index (χ2v) is 8.48. The molecule has 1 unspecified atom stereocenters. The quantitative estimate of drug-likeness (QED) is 0.583. The number of hydrogen-bond donors (Lipinski definition) is 0. The average Bonchev–Trinajstić information content (AvgIpc) is 3.22. The van der Waals surface area contributed by atoms with Gasteiger partial charge >= 0.3 is 5.97 Å². The Morgan fingerprint density at radius 3 is 2.54 bits per heavy atom. The molecule has 0 N–H and O–H groups in total. The highest BCUT2D eigenvalue weighted by Crippen LogP contribution is 2.46. The molecule has 1 amide bonds. The Balaban J connectivity index is 1.56. The molecule has 1 saturated carbocycles. The first-order valence-corrected chi connectivity index (χ1v) is 10.5. The van der Waals surface area contributed by atoms with Crippen LogP contribution in [-0.2, 0) is 9.53 Å². The number of esters is 1. The smallest absolute Gasteiger partial charge is 0.337 e. The molecule has 2 saturated heterocycles. The minimum atomic E-state index is -0.344. The standard InChI is InChI=1S/C19H22N2O3S2/c1-24-18(23)13-9-7-12(8-10-13)17-21-15(11-26-17)16(22)20(19(21)25)14-5-3-2-4-6-14/h7-10,14-15,17H,2-6,11H2,1H3/t15-,17?/m1/s1. The van der Waals surface area contributed by atoms with E-state index in [4.69, 9.17) is 17.0 Å². The molecular weight excluding hydrogens is 368 g/mol. The Kier molecular flexibility index (Phi) is 4.92. The molecule has 3 aliphatic rings. The van der Waals surface area contributed by atoms with Crippen LogP contribution in [0.5, 0.6) is 0 Å². The molecule has 26 heavy (non-hydrogen) atoms. The average molecular weight is 391 g/mol. The van der Waals surface area contributed by atoms with Gasteiger partial charge in [0.05, 0.1) is 12.7 Å². The van der Waals surface area contributed by atoms with E-state index in [1.807, 2.05) is 17.0 Å². The summed E-state index contributed by atoms with van der Waals surface area (Å²) in [7, 11) is 1.38. The zero-order chi connectivity index (χ0) is 18.3. The number of methoxy groups -OCH3 is 1. The molecule has 2 atom stereocenters. The maximum absolute atomic E-state index is 13.0. The summed E-state index contributed by atoms with van der Waals surface area (Å²) in [6, 6.07) is 7.52. The van der Waals surface area contributed by atoms with Crippen molar-refractivity contribution in [1.82, 2.24) is 9.80 Å². The van der Waals surface area contributed by atoms with Crippen molar-refractivity contribution in [3.8, 4) is 0 Å². The number of thiocarbonyl (C=S) groups is 1. The van der Waals surface area contributed by atoms with E-state index in [1.165, 1.54) is 26.4 Å². The topological polar surface area (TPSA) is 49.9 Å². The monoisotopic (exact) mass is 390 g/mol. The van der Waals surface area contributed by atoms with E-state index >= 15 is 0 Å². The SMILES string of the molecule is COC(=O)c1ccc(C2SC[C@@H]3C(=O)N(C4CCCCC4)C(=S)N23)cc1. The predicted molar refractivity (Wildman–Crippen MR) is 105 cm³/mol. The van der Waals surface area contributed by atoms with Gasteiger partial charge in [-0.05, 0) is 42.8 Å². The zero-order valence-corrected chi connectivity index (χ0v) is 16.4. The van der Waals surface area contributed by atoms with Crippen molar-refractivity contribution in [2.24, 2.45) is 0 Å². The van der Waals surface area contributed by atoms with Gasteiger partial charge in [0.15, 0.2) is 5.11 Å². The van der Waals surface area contributed by atoms with Gasteiger partial charge in [-0.15, -0.1) is 11.8 Å². The lowest BCUT2D eigenvalue weighted by atomic mass is 9.94. The second-order valence-electron chi connectivity index (χ2n) is 7.00. The van der Waals surface area contributed by atoms with E-state index in [1.54, 1.807) is 23.9 Å². The van der Waals surface area contributed by atoms with Crippen molar-refractivity contribution in [2.45, 2.75) is 49.6 Å². The third kappa shape index (κ3) is 2.91. The largest absolute Gasteiger partial charge is 0.465 e. The minimum absolute atomic E-state index is 0.0248. The van der Waals surface area contributed by atoms with Crippen LogP contribution >= 0.6 is 24.0 Å². The number of carbonyl (C=O) groups excluding carboxylic acids is 2. The molecule has 2 heterocycles. The number of nitrogens with zero attached hydrogens (tertiary/aromatic N) is 2. The molecule has 7 heteroatoms. The Labute approximate surface area is 163 Å². The molecule has 3 fully saturated rings. The normalized spacial score (nSPS) is 26.3. The molecule has 1 aliphatic carbocycles. The van der Waals surface area contributed by atoms with E-state index in [0.29, 0.717) is 10.7 Å². The Hall–Kier alpha value is -1.60. The Morgan fingerprint density at radius 1 is 1.19 bits per heavy atom. The molecule has 0 radical (unpaired) electrons. The first-order chi connectivity index (χ1) is 12.6. The number of benzene rings is 1. The van der Waals surface area contributed by atoms with Crippen molar-refractivity contribution >= 4 is 41.0 Å². The van der Waals surface area contributed by atoms with Gasteiger partial charge in [-0.1, -0.05) is 31.4 Å². The molecule has 4 rings (SSSR count). The molecule has 0 spiro atoms. The fourth-order valence-corrected chi connectivity index (χ4v) is 6.11. The first-order valence-electron chi connectivity index (χ1n) is 9.07. The minimum Gasteiger partial charge on any atom is -0.465 e. The summed E-state index contributed by atoms with van der Waals surface area (Å²) in [4.78, 5) is 28.6. The van der Waals surface area contributed by atoms with Gasteiger partial charge < -0.3 is 9.64 Å². The van der Waals surface area contributed by atoms with Gasteiger partial charge in [0, 0.05) is 11.8 Å². The highest BCUT2D eigenvalue weighted by molar-refractivity contribution is 7.99. The lowest BCUT2D eigenvalue weighted by Crippen LogP contribution is -2.42. The van der Waals surface area contributed by atoms with Gasteiger partial charge in [0.25, 0.3) is 5.91 Å². The Bertz CT molecular complexity index is 731. The number of rotatable bonds is 3. The Morgan fingerprint density at radius 2 is 1.88 bits per heavy atom. The van der Waals surface area contributed by atoms with Crippen LogP contribution in [0.15, 0.2) is 24.3 Å². The van der Waals surface area contributed by atoms with Gasteiger partial charge in [0.1, 0.15) is 11.4 Å². The third-order valence-corrected chi connectivity index (χ3v) is 7.24. The summed E-state index contributed by atoms with van der Waals surface area (Å²) in [5.41, 5.74) is 1.59. The fraction of sp³-hybridized carbons (Fsp3) is 0.526. The van der Waals surface area contributed by atoms with Crippen LogP contribution in [0, 0.1) is 0 Å². The number of carbonyl (C=O) groups is 2. The van der Waals surface area contributed by atoms with Gasteiger partial charge in [-0.3, -0.25) is 9.69 Å². The number of amides is 1. The second kappa shape index (κ2) is 7.19. The maximum atomic E-state index is 13.0. The van der Waals surface area contributed by atoms with E-state index in [2.05, 4.69) is 4.90 Å². The van der Waals surface area contributed by atoms with Crippen molar-refractivity contribution in [3.63, 3.8) is 0 Å². The van der Waals surface area contributed by atoms with Crippen LogP contribution in [0.1, 0.15) is 53.4 Å². The molecule has 2 aliphatic heterocycles. The fourth-order valence-electron chi connectivity index (χ4n) is 4.14. The van der Waals surface area contributed by atoms with Crippen LogP contribution in [-0.4, -0.2) is 51.7 Å². The lowest BCUT2D eigenvalue weighted by molar-refractivity contribution is -0.129. The van der Waals surface area contributed by atoms with Crippen molar-refractivity contribution in [1.29, 1.82) is 0 Å². The lowest BCUT2D eigenvalue weighted by Gasteiger charge is -2.32. The van der Waals surface area contributed by atoms with Gasteiger partial charge in [-0.2, -0.15) is 0 Å². The van der Waals surface area contributed by atoms with Crippen LogP contribution in [0.3, 0.4) is 0 Å². The highest BCUT2D eigenvalue weighted by atomic mass is 32.2. The number of ether oxygens (including phenoxy) is 1. The summed E-state index contributed by atoms with van der Waals surface area (Å²) in [5, 5.41) is 0.704. The van der Waals surface area contributed by atoms with Gasteiger partial charge in [-0.25, -0.2) is 4.79 Å². The third-order valence-electron chi connectivity index (χ3n) is 5.51. The van der Waals surface area contributed by atoms with Crippen molar-refractivity contribution in [2.75, 3.05) is 12.9 Å². The number of hydrogen-bond acceptors (Lipinski definition) is 5. The zero-order valence-electron chi connectivity index (χ0n) is 14.7. The predicted octanol–water partition coefficient (Wildman–Crippen LogP) is 3.35. The summed E-state index contributed by atoms with van der Waals surface area (Å²) < 4.78 is 4.76.